The van der Waals surface area contributed by atoms with E-state index in [1.165, 1.54) is 16.8 Å². The lowest BCUT2D eigenvalue weighted by Gasteiger charge is -2.30. The lowest BCUT2D eigenvalue weighted by atomic mass is 10.0. The van der Waals surface area contributed by atoms with Crippen LogP contribution in [0.4, 0.5) is 5.69 Å². The van der Waals surface area contributed by atoms with Gasteiger partial charge in [0.15, 0.2) is 0 Å². The molecular weight excluding hydrogens is 338 g/mol. The Kier molecular flexibility index (Phi) is 4.05. The third kappa shape index (κ3) is 2.93. The monoisotopic (exact) mass is 355 g/mol. The molecule has 6 nitrogen and oxygen atoms in total. The standard InChI is InChI=1S/C18H18ClN5O/c1-12-4-2-3-5-13(12)8-14-9-20-16-11-23(6-7-24(14)16)15-10-21-22-18(25)17(15)19/h2-5,9-10H,6-8,11H2,1H3,(H,22,25). The fourth-order valence-electron chi connectivity index (χ4n) is 3.27. The summed E-state index contributed by atoms with van der Waals surface area (Å²) in [7, 11) is 0. The van der Waals surface area contributed by atoms with Crippen LogP contribution in [0.2, 0.25) is 5.02 Å². The largest absolute Gasteiger partial charge is 0.360 e. The molecule has 3 aromatic rings. The van der Waals surface area contributed by atoms with Gasteiger partial charge in [-0.3, -0.25) is 4.79 Å². The van der Waals surface area contributed by atoms with Crippen molar-refractivity contribution < 1.29 is 0 Å². The zero-order valence-electron chi connectivity index (χ0n) is 13.9. The molecule has 1 aliphatic rings. The normalized spacial score (nSPS) is 13.8. The van der Waals surface area contributed by atoms with E-state index in [4.69, 9.17) is 11.6 Å². The lowest BCUT2D eigenvalue weighted by Crippen LogP contribution is -2.35. The van der Waals surface area contributed by atoms with Gasteiger partial charge in [-0.05, 0) is 18.1 Å². The molecule has 0 radical (unpaired) electrons. The third-order valence-electron chi connectivity index (χ3n) is 4.70. The van der Waals surface area contributed by atoms with Crippen LogP contribution in [0.3, 0.4) is 0 Å². The van der Waals surface area contributed by atoms with E-state index in [0.29, 0.717) is 12.2 Å². The number of fused-ring (bicyclic) bond motifs is 1. The van der Waals surface area contributed by atoms with Gasteiger partial charge in [0.25, 0.3) is 5.56 Å². The highest BCUT2D eigenvalue weighted by Crippen LogP contribution is 2.26. The van der Waals surface area contributed by atoms with E-state index in [9.17, 15) is 4.79 Å². The fraction of sp³-hybridized carbons (Fsp3) is 0.278. The molecule has 0 spiro atoms. The molecule has 1 N–H and O–H groups in total. The first-order valence-corrected chi connectivity index (χ1v) is 8.57. The number of halogens is 1. The molecule has 25 heavy (non-hydrogen) atoms. The number of H-pyrrole nitrogens is 1. The number of benzene rings is 1. The van der Waals surface area contributed by atoms with Gasteiger partial charge in [0, 0.05) is 31.4 Å². The Labute approximate surface area is 150 Å². The molecular formula is C18H18ClN5O. The number of aromatic nitrogens is 4. The Bertz CT molecular complexity index is 978. The summed E-state index contributed by atoms with van der Waals surface area (Å²) in [6.07, 6.45) is 4.41. The van der Waals surface area contributed by atoms with Gasteiger partial charge < -0.3 is 9.47 Å². The third-order valence-corrected chi connectivity index (χ3v) is 5.06. The molecule has 1 aromatic carbocycles. The summed E-state index contributed by atoms with van der Waals surface area (Å²) in [5.41, 5.74) is 4.10. The van der Waals surface area contributed by atoms with Crippen molar-refractivity contribution in [1.82, 2.24) is 19.7 Å². The summed E-state index contributed by atoms with van der Waals surface area (Å²) in [6.45, 7) is 4.31. The number of aromatic amines is 1. The van der Waals surface area contributed by atoms with Crippen molar-refractivity contribution in [3.8, 4) is 0 Å². The molecule has 4 rings (SSSR count). The molecule has 0 fully saturated rings. The van der Waals surface area contributed by atoms with Gasteiger partial charge in [-0.1, -0.05) is 35.9 Å². The maximum atomic E-state index is 11.7. The molecule has 0 saturated carbocycles. The van der Waals surface area contributed by atoms with E-state index in [1.54, 1.807) is 6.20 Å². The Hall–Kier alpha value is -2.60. The first-order chi connectivity index (χ1) is 12.1. The van der Waals surface area contributed by atoms with Crippen molar-refractivity contribution >= 4 is 17.3 Å². The van der Waals surface area contributed by atoms with Crippen LogP contribution < -0.4 is 10.5 Å². The van der Waals surface area contributed by atoms with Gasteiger partial charge in [-0.25, -0.2) is 10.1 Å². The zero-order valence-corrected chi connectivity index (χ0v) is 14.6. The maximum absolute atomic E-state index is 11.7. The van der Waals surface area contributed by atoms with E-state index >= 15 is 0 Å². The fourth-order valence-corrected chi connectivity index (χ4v) is 3.48. The maximum Gasteiger partial charge on any atom is 0.285 e. The van der Waals surface area contributed by atoms with Gasteiger partial charge in [-0.2, -0.15) is 5.10 Å². The van der Waals surface area contributed by atoms with Crippen molar-refractivity contribution in [2.75, 3.05) is 11.4 Å². The smallest absolute Gasteiger partial charge is 0.285 e. The first-order valence-electron chi connectivity index (χ1n) is 8.19. The van der Waals surface area contributed by atoms with Gasteiger partial charge in [0.2, 0.25) is 0 Å². The van der Waals surface area contributed by atoms with Crippen LogP contribution in [0.1, 0.15) is 22.6 Å². The van der Waals surface area contributed by atoms with Crippen molar-refractivity contribution in [2.24, 2.45) is 0 Å². The van der Waals surface area contributed by atoms with Crippen molar-refractivity contribution in [3.05, 3.63) is 74.7 Å². The van der Waals surface area contributed by atoms with Crippen LogP contribution in [-0.2, 0) is 19.5 Å². The van der Waals surface area contributed by atoms with Gasteiger partial charge >= 0.3 is 0 Å². The number of imidazole rings is 1. The number of hydrogen-bond donors (Lipinski definition) is 1. The summed E-state index contributed by atoms with van der Waals surface area (Å²) in [5.74, 6) is 0.978. The number of anilines is 1. The average molecular weight is 356 g/mol. The van der Waals surface area contributed by atoms with E-state index in [0.717, 1.165) is 25.3 Å². The summed E-state index contributed by atoms with van der Waals surface area (Å²) >= 11 is 6.13. The Morgan fingerprint density at radius 3 is 2.92 bits per heavy atom. The van der Waals surface area contributed by atoms with Crippen molar-refractivity contribution in [1.29, 1.82) is 0 Å². The van der Waals surface area contributed by atoms with Crippen LogP contribution in [0.15, 0.2) is 41.5 Å². The lowest BCUT2D eigenvalue weighted by molar-refractivity contribution is 0.546. The second-order valence-corrected chi connectivity index (χ2v) is 6.62. The highest BCUT2D eigenvalue weighted by molar-refractivity contribution is 6.32. The molecule has 1 aliphatic heterocycles. The van der Waals surface area contributed by atoms with Gasteiger partial charge in [0.05, 0.1) is 18.4 Å². The van der Waals surface area contributed by atoms with Crippen LogP contribution in [-0.4, -0.2) is 26.3 Å². The predicted molar refractivity (Wildman–Crippen MR) is 97.1 cm³/mol. The topological polar surface area (TPSA) is 66.8 Å². The first kappa shape index (κ1) is 15.9. The number of nitrogens with zero attached hydrogens (tertiary/aromatic N) is 4. The molecule has 0 saturated heterocycles. The molecule has 0 amide bonds. The molecule has 2 aromatic heterocycles. The van der Waals surface area contributed by atoms with Crippen LogP contribution in [0.5, 0.6) is 0 Å². The number of aryl methyl sites for hydroxylation is 1. The summed E-state index contributed by atoms with van der Waals surface area (Å²) in [6, 6.07) is 8.42. The second-order valence-electron chi connectivity index (χ2n) is 6.24. The summed E-state index contributed by atoms with van der Waals surface area (Å²) in [5, 5.41) is 6.38. The Morgan fingerprint density at radius 1 is 1.24 bits per heavy atom. The van der Waals surface area contributed by atoms with Crippen LogP contribution in [0, 0.1) is 6.92 Å². The number of hydrogen-bond acceptors (Lipinski definition) is 4. The SMILES string of the molecule is Cc1ccccc1Cc1cnc2n1CCN(c1cn[nH]c(=O)c1Cl)C2. The minimum atomic E-state index is -0.367. The average Bonchev–Trinajstić information content (AvgIpc) is 3.01. The predicted octanol–water partition coefficient (Wildman–Crippen LogP) is 2.54. The molecule has 7 heteroatoms. The van der Waals surface area contributed by atoms with Crippen LogP contribution >= 0.6 is 11.6 Å². The number of nitrogens with one attached hydrogen (secondary N) is 1. The molecule has 3 heterocycles. The number of rotatable bonds is 3. The Balaban J connectivity index is 1.60. The Morgan fingerprint density at radius 2 is 2.08 bits per heavy atom. The summed E-state index contributed by atoms with van der Waals surface area (Å²) < 4.78 is 2.26. The molecule has 0 atom stereocenters. The van der Waals surface area contributed by atoms with E-state index in [1.807, 2.05) is 11.1 Å². The minimum Gasteiger partial charge on any atom is -0.360 e. The highest BCUT2D eigenvalue weighted by Gasteiger charge is 2.22. The zero-order chi connectivity index (χ0) is 17.4. The molecule has 0 unspecified atom stereocenters. The van der Waals surface area contributed by atoms with Crippen LogP contribution in [0.25, 0.3) is 0 Å². The molecule has 0 aliphatic carbocycles. The van der Waals surface area contributed by atoms with E-state index < -0.39 is 0 Å². The highest BCUT2D eigenvalue weighted by atomic mass is 35.5. The molecule has 0 bridgehead atoms. The van der Waals surface area contributed by atoms with Gasteiger partial charge in [0.1, 0.15) is 10.8 Å². The summed E-state index contributed by atoms with van der Waals surface area (Å²) in [4.78, 5) is 18.3. The van der Waals surface area contributed by atoms with Gasteiger partial charge in [-0.15, -0.1) is 0 Å². The molecule has 128 valence electrons. The van der Waals surface area contributed by atoms with Crippen molar-refractivity contribution in [2.45, 2.75) is 26.4 Å². The van der Waals surface area contributed by atoms with E-state index in [-0.39, 0.29) is 10.6 Å². The second kappa shape index (κ2) is 6.37. The quantitative estimate of drug-likeness (QED) is 0.784. The van der Waals surface area contributed by atoms with E-state index in [2.05, 4.69) is 50.9 Å². The minimum absolute atomic E-state index is 0.176. The van der Waals surface area contributed by atoms with Crippen molar-refractivity contribution in [3.63, 3.8) is 0 Å².